The second-order valence-electron chi connectivity index (χ2n) is 9.22. The number of hydrogen-bond donors (Lipinski definition) is 3. The lowest BCUT2D eigenvalue weighted by molar-refractivity contribution is -0.0291. The fourth-order valence-electron chi connectivity index (χ4n) is 4.55. The van der Waals surface area contributed by atoms with Crippen LogP contribution in [0.4, 0.5) is 4.79 Å². The van der Waals surface area contributed by atoms with Crippen LogP contribution >= 0.6 is 0 Å². The van der Waals surface area contributed by atoms with Gasteiger partial charge in [0.05, 0.1) is 5.60 Å². The maximum Gasteiger partial charge on any atom is 0.314 e. The molecule has 2 aliphatic carbocycles. The minimum Gasteiger partial charge on any atom is -0.388 e. The molecule has 1 aromatic carbocycles. The van der Waals surface area contributed by atoms with Crippen LogP contribution in [0.15, 0.2) is 30.3 Å². The molecule has 1 aromatic rings. The van der Waals surface area contributed by atoms with Gasteiger partial charge in [0.1, 0.15) is 0 Å². The Bertz CT molecular complexity index is 632. The molecule has 5 heteroatoms. The number of carbonyl (C=O) groups is 1. The molecule has 0 unspecified atom stereocenters. The van der Waals surface area contributed by atoms with Gasteiger partial charge in [-0.1, -0.05) is 37.3 Å². The second-order valence-corrected chi connectivity index (χ2v) is 9.22. The van der Waals surface area contributed by atoms with E-state index >= 15 is 0 Å². The van der Waals surface area contributed by atoms with Crippen molar-refractivity contribution in [2.75, 3.05) is 27.2 Å². The molecule has 150 valence electrons. The topological polar surface area (TPSA) is 64.6 Å². The van der Waals surface area contributed by atoms with E-state index in [4.69, 9.17) is 0 Å². The molecule has 0 radical (unpaired) electrons. The Morgan fingerprint density at radius 1 is 1.00 bits per heavy atom. The van der Waals surface area contributed by atoms with Crippen LogP contribution in [0, 0.1) is 5.41 Å². The molecule has 2 amide bonds. The number of benzene rings is 1. The Labute approximate surface area is 163 Å². The minimum absolute atomic E-state index is 0.0799. The summed E-state index contributed by atoms with van der Waals surface area (Å²) >= 11 is 0. The lowest BCUT2D eigenvalue weighted by Crippen LogP contribution is -2.52. The van der Waals surface area contributed by atoms with Gasteiger partial charge in [0, 0.05) is 18.6 Å². The zero-order valence-electron chi connectivity index (χ0n) is 17.1. The Morgan fingerprint density at radius 2 is 1.59 bits per heavy atom. The maximum absolute atomic E-state index is 12.1. The van der Waals surface area contributed by atoms with E-state index in [0.717, 1.165) is 44.9 Å². The van der Waals surface area contributed by atoms with E-state index in [2.05, 4.69) is 66.9 Å². The van der Waals surface area contributed by atoms with E-state index in [-0.39, 0.29) is 17.0 Å². The molecule has 0 heterocycles. The molecule has 3 N–H and O–H groups in total. The molecule has 5 nitrogen and oxygen atoms in total. The number of nitrogens with one attached hydrogen (secondary N) is 2. The third-order valence-corrected chi connectivity index (χ3v) is 6.99. The SMILES string of the molecule is CN(C)[C@]1(c2ccccc2)CC[C@@](C)(CNC(=O)NCC2(O)CCC2)CC1. The molecule has 0 aliphatic heterocycles. The first-order chi connectivity index (χ1) is 12.8. The van der Waals surface area contributed by atoms with Crippen molar-refractivity contribution < 1.29 is 9.90 Å². The summed E-state index contributed by atoms with van der Waals surface area (Å²) in [5, 5.41) is 16.0. The molecule has 0 atom stereocenters. The summed E-state index contributed by atoms with van der Waals surface area (Å²) in [4.78, 5) is 14.5. The van der Waals surface area contributed by atoms with Crippen molar-refractivity contribution in [1.29, 1.82) is 0 Å². The first-order valence-corrected chi connectivity index (χ1v) is 10.2. The van der Waals surface area contributed by atoms with Crippen LogP contribution in [0.5, 0.6) is 0 Å². The lowest BCUT2D eigenvalue weighted by atomic mass is 9.65. The van der Waals surface area contributed by atoms with Gasteiger partial charge in [-0.05, 0) is 70.0 Å². The molecule has 0 bridgehead atoms. The molecular weight excluding hydrogens is 338 g/mol. The Morgan fingerprint density at radius 3 is 2.11 bits per heavy atom. The number of amides is 2. The summed E-state index contributed by atoms with van der Waals surface area (Å²) in [7, 11) is 4.35. The van der Waals surface area contributed by atoms with Gasteiger partial charge in [0.15, 0.2) is 0 Å². The zero-order chi connectivity index (χ0) is 19.5. The maximum atomic E-state index is 12.1. The highest BCUT2D eigenvalue weighted by Gasteiger charge is 2.43. The fourth-order valence-corrected chi connectivity index (χ4v) is 4.55. The summed E-state index contributed by atoms with van der Waals surface area (Å²) in [6.07, 6.45) is 6.95. The van der Waals surface area contributed by atoms with Crippen molar-refractivity contribution in [2.45, 2.75) is 63.0 Å². The van der Waals surface area contributed by atoms with E-state index in [1.54, 1.807) is 0 Å². The Kier molecular flexibility index (Phi) is 5.82. The van der Waals surface area contributed by atoms with E-state index in [1.807, 2.05) is 0 Å². The van der Waals surface area contributed by atoms with Crippen LogP contribution < -0.4 is 10.6 Å². The first kappa shape index (κ1) is 20.2. The standard InChI is InChI=1S/C22H35N3O2/c1-20(16-23-19(26)24-17-21(27)10-7-11-21)12-14-22(15-13-20,25(2)3)18-8-5-4-6-9-18/h4-6,8-9,27H,7,10-17H2,1-3H3,(H2,23,24,26)/t20-,22-. The van der Waals surface area contributed by atoms with Gasteiger partial charge >= 0.3 is 6.03 Å². The third kappa shape index (κ3) is 4.46. The van der Waals surface area contributed by atoms with Gasteiger partial charge in [-0.25, -0.2) is 4.79 Å². The Balaban J connectivity index is 1.52. The summed E-state index contributed by atoms with van der Waals surface area (Å²) in [6, 6.07) is 10.6. The largest absolute Gasteiger partial charge is 0.388 e. The van der Waals surface area contributed by atoms with Crippen molar-refractivity contribution in [2.24, 2.45) is 5.41 Å². The number of urea groups is 1. The van der Waals surface area contributed by atoms with Crippen molar-refractivity contribution in [3.8, 4) is 0 Å². The fraction of sp³-hybridized carbons (Fsp3) is 0.682. The number of rotatable bonds is 6. The van der Waals surface area contributed by atoms with Crippen molar-refractivity contribution in [3.05, 3.63) is 35.9 Å². The highest BCUT2D eigenvalue weighted by molar-refractivity contribution is 5.73. The van der Waals surface area contributed by atoms with E-state index in [9.17, 15) is 9.90 Å². The second kappa shape index (κ2) is 7.80. The number of nitrogens with zero attached hydrogens (tertiary/aromatic N) is 1. The molecule has 2 saturated carbocycles. The lowest BCUT2D eigenvalue weighted by Gasteiger charge is -2.49. The summed E-state index contributed by atoms with van der Waals surface area (Å²) in [6.45, 7) is 3.31. The molecule has 3 rings (SSSR count). The van der Waals surface area contributed by atoms with Crippen molar-refractivity contribution in [1.82, 2.24) is 15.5 Å². The van der Waals surface area contributed by atoms with Crippen LogP contribution in [-0.2, 0) is 5.54 Å². The van der Waals surface area contributed by atoms with Crippen LogP contribution in [0.3, 0.4) is 0 Å². The molecule has 0 saturated heterocycles. The average Bonchev–Trinajstić information content (AvgIpc) is 2.64. The third-order valence-electron chi connectivity index (χ3n) is 6.99. The Hall–Kier alpha value is -1.59. The minimum atomic E-state index is -0.674. The van der Waals surface area contributed by atoms with Crippen molar-refractivity contribution >= 4 is 6.03 Å². The molecule has 0 spiro atoms. The van der Waals surface area contributed by atoms with E-state index < -0.39 is 5.60 Å². The van der Waals surface area contributed by atoms with Gasteiger partial charge in [-0.3, -0.25) is 4.90 Å². The summed E-state index contributed by atoms with van der Waals surface area (Å²) < 4.78 is 0. The van der Waals surface area contributed by atoms with Crippen LogP contribution in [0.25, 0.3) is 0 Å². The van der Waals surface area contributed by atoms with Gasteiger partial charge < -0.3 is 15.7 Å². The molecule has 0 aromatic heterocycles. The van der Waals surface area contributed by atoms with Gasteiger partial charge in [0.25, 0.3) is 0 Å². The highest BCUT2D eigenvalue weighted by Crippen LogP contribution is 2.47. The normalized spacial score (nSPS) is 29.8. The van der Waals surface area contributed by atoms with Crippen molar-refractivity contribution in [3.63, 3.8) is 0 Å². The number of aliphatic hydroxyl groups is 1. The molecule has 27 heavy (non-hydrogen) atoms. The van der Waals surface area contributed by atoms with Gasteiger partial charge in [-0.2, -0.15) is 0 Å². The summed E-state index contributed by atoms with van der Waals surface area (Å²) in [5.41, 5.74) is 0.902. The molecule has 2 aliphatic rings. The zero-order valence-corrected chi connectivity index (χ0v) is 17.1. The van der Waals surface area contributed by atoms with E-state index in [1.165, 1.54) is 5.56 Å². The first-order valence-electron chi connectivity index (χ1n) is 10.2. The van der Waals surface area contributed by atoms with Gasteiger partial charge in [0.2, 0.25) is 0 Å². The summed E-state index contributed by atoms with van der Waals surface area (Å²) in [5.74, 6) is 0. The van der Waals surface area contributed by atoms with Crippen LogP contribution in [0.1, 0.15) is 57.4 Å². The smallest absolute Gasteiger partial charge is 0.314 e. The number of carbonyl (C=O) groups excluding carboxylic acids is 1. The predicted octanol–water partition coefficient (Wildman–Crippen LogP) is 3.24. The molecule has 2 fully saturated rings. The van der Waals surface area contributed by atoms with Gasteiger partial charge in [-0.15, -0.1) is 0 Å². The quantitative estimate of drug-likeness (QED) is 0.717. The van der Waals surface area contributed by atoms with Crippen LogP contribution in [0.2, 0.25) is 0 Å². The molecular formula is C22H35N3O2. The predicted molar refractivity (Wildman–Crippen MR) is 109 cm³/mol. The average molecular weight is 374 g/mol. The number of hydrogen-bond acceptors (Lipinski definition) is 3. The highest BCUT2D eigenvalue weighted by atomic mass is 16.3. The van der Waals surface area contributed by atoms with Crippen LogP contribution in [-0.4, -0.2) is 48.8 Å². The van der Waals surface area contributed by atoms with E-state index in [0.29, 0.717) is 13.1 Å². The monoisotopic (exact) mass is 373 g/mol.